The van der Waals surface area contributed by atoms with E-state index in [4.69, 9.17) is 22.3 Å². The van der Waals surface area contributed by atoms with E-state index in [9.17, 15) is 4.57 Å². The molecular weight excluding hydrogens is 361 g/mol. The molecule has 2 N–H and O–H groups in total. The molecule has 0 saturated carbocycles. The minimum absolute atomic E-state index is 0.0216. The van der Waals surface area contributed by atoms with Gasteiger partial charge in [0.2, 0.25) is 0 Å². The first-order valence-corrected chi connectivity index (χ1v) is 7.75. The lowest BCUT2D eigenvalue weighted by Gasteiger charge is -2.38. The Labute approximate surface area is 114 Å². The lowest BCUT2D eigenvalue weighted by Crippen LogP contribution is -2.52. The van der Waals surface area contributed by atoms with Gasteiger partial charge in [-0.25, -0.2) is 0 Å². The van der Waals surface area contributed by atoms with Crippen molar-refractivity contribution in [3.05, 3.63) is 11.9 Å². The first-order chi connectivity index (χ1) is 7.86. The highest BCUT2D eigenvalue weighted by Crippen LogP contribution is 2.44. The molecule has 4 atom stereocenters. The Morgan fingerprint density at radius 1 is 1.59 bits per heavy atom. The smallest absolute Gasteiger partial charge is 0.348 e. The van der Waals surface area contributed by atoms with E-state index < -0.39 is 13.2 Å². The van der Waals surface area contributed by atoms with Gasteiger partial charge in [-0.2, -0.15) is 0 Å². The van der Waals surface area contributed by atoms with E-state index in [-0.39, 0.29) is 24.8 Å². The number of fused-ring (bicyclic) bond motifs is 2. The van der Waals surface area contributed by atoms with Crippen LogP contribution in [-0.2, 0) is 17.1 Å². The maximum Gasteiger partial charge on any atom is 0.348 e. The van der Waals surface area contributed by atoms with E-state index >= 15 is 0 Å². The average molecular weight is 374 g/mol. The Balaban J connectivity index is 2.26. The molecule has 96 valence electrons. The van der Waals surface area contributed by atoms with E-state index in [1.165, 1.54) is 6.08 Å². The van der Waals surface area contributed by atoms with Gasteiger partial charge in [0.15, 0.2) is 0 Å². The van der Waals surface area contributed by atoms with Crippen LogP contribution in [0.2, 0.25) is 0 Å². The number of ether oxygens (including phenoxy) is 2. The van der Waals surface area contributed by atoms with E-state index in [0.29, 0.717) is 0 Å². The highest BCUT2D eigenvalue weighted by Gasteiger charge is 2.55. The largest absolute Gasteiger partial charge is 0.372 e. The molecule has 6 nitrogen and oxygen atoms in total. The molecule has 2 rings (SSSR count). The lowest BCUT2D eigenvalue weighted by atomic mass is 9.83. The second-order valence-electron chi connectivity index (χ2n) is 4.38. The molecule has 0 aromatic carbocycles. The number of rotatable bonds is 3. The van der Waals surface area contributed by atoms with Gasteiger partial charge in [-0.05, 0) is 12.5 Å². The Morgan fingerprint density at radius 2 is 2.29 bits per heavy atom. The van der Waals surface area contributed by atoms with Gasteiger partial charge in [0.1, 0.15) is 42.6 Å². The molecule has 0 aromatic heterocycles. The molecule has 2 saturated heterocycles. The summed E-state index contributed by atoms with van der Waals surface area (Å²) in [6.07, 6.45) is 1.69. The zero-order valence-corrected chi connectivity index (χ0v) is 12.2. The second-order valence-corrected chi connectivity index (χ2v) is 6.37. The van der Waals surface area contributed by atoms with Crippen molar-refractivity contribution in [1.82, 2.24) is 0 Å². The topological polar surface area (TPSA) is 85.2 Å². The molecule has 17 heavy (non-hydrogen) atoms. The maximum atomic E-state index is 10.9. The summed E-state index contributed by atoms with van der Waals surface area (Å²) in [5, 5.41) is 0. The summed E-state index contributed by atoms with van der Waals surface area (Å²) in [6, 6.07) is -0.0216. The summed E-state index contributed by atoms with van der Waals surface area (Å²) >= 11 is 1.77. The van der Waals surface area contributed by atoms with Crippen LogP contribution in [-0.4, -0.2) is 48.1 Å². The highest BCUT2D eigenvalue weighted by atomic mass is 127. The van der Waals surface area contributed by atoms with Crippen molar-refractivity contribution in [2.45, 2.75) is 30.2 Å². The van der Waals surface area contributed by atoms with E-state index in [2.05, 4.69) is 0 Å². The van der Waals surface area contributed by atoms with Gasteiger partial charge in [-0.1, -0.05) is 0 Å². The highest BCUT2D eigenvalue weighted by molar-refractivity contribution is 14.1. The standard InChI is InChI=1S/C8H13BIO6P/c9-6-3-5-7(16-10)8(15-6,4-14-5)1-2-17(11,12)13/h1-2,5-7H,3-4,9H2,(H2,11,12,13)/b2-1+. The van der Waals surface area contributed by atoms with Gasteiger partial charge in [-0.15, -0.1) is 0 Å². The van der Waals surface area contributed by atoms with Gasteiger partial charge in [0.25, 0.3) is 0 Å². The first-order valence-electron chi connectivity index (χ1n) is 5.19. The fourth-order valence-electron chi connectivity index (χ4n) is 2.30. The van der Waals surface area contributed by atoms with Crippen LogP contribution in [0.15, 0.2) is 11.9 Å². The van der Waals surface area contributed by atoms with Crippen LogP contribution in [0.5, 0.6) is 0 Å². The monoisotopic (exact) mass is 374 g/mol. The van der Waals surface area contributed by atoms with Gasteiger partial charge in [0.05, 0.1) is 12.7 Å². The molecular formula is C8H13BIO6P. The van der Waals surface area contributed by atoms with Crippen LogP contribution in [0, 0.1) is 0 Å². The van der Waals surface area contributed by atoms with E-state index in [1.54, 1.807) is 23.0 Å². The van der Waals surface area contributed by atoms with Crippen molar-refractivity contribution >= 4 is 38.4 Å². The van der Waals surface area contributed by atoms with Crippen molar-refractivity contribution in [2.24, 2.45) is 0 Å². The third kappa shape index (κ3) is 2.94. The van der Waals surface area contributed by atoms with Crippen molar-refractivity contribution in [3.63, 3.8) is 0 Å². The first kappa shape index (κ1) is 14.0. The van der Waals surface area contributed by atoms with Gasteiger partial charge in [0, 0.05) is 11.8 Å². The number of halogens is 1. The van der Waals surface area contributed by atoms with Gasteiger partial charge < -0.3 is 22.3 Å². The fraction of sp³-hybridized carbons (Fsp3) is 0.750. The lowest BCUT2D eigenvalue weighted by molar-refractivity contribution is -0.0953. The quantitative estimate of drug-likeness (QED) is 0.409. The maximum absolute atomic E-state index is 10.9. The number of hydrogen-bond donors (Lipinski definition) is 2. The van der Waals surface area contributed by atoms with Gasteiger partial charge >= 0.3 is 7.60 Å². The normalized spacial score (nSPS) is 42.2. The predicted octanol–water partition coefficient (Wildman–Crippen LogP) is -0.0699. The minimum atomic E-state index is -4.20. The molecule has 2 bridgehead atoms. The molecule has 2 aliphatic rings. The van der Waals surface area contributed by atoms with Crippen LogP contribution < -0.4 is 0 Å². The summed E-state index contributed by atoms with van der Waals surface area (Å²) < 4.78 is 27.5. The summed E-state index contributed by atoms with van der Waals surface area (Å²) in [5.41, 5.74) is -0.884. The van der Waals surface area contributed by atoms with Crippen molar-refractivity contribution in [2.75, 3.05) is 6.61 Å². The molecule has 2 aliphatic heterocycles. The minimum Gasteiger partial charge on any atom is -0.372 e. The van der Waals surface area contributed by atoms with Crippen LogP contribution in [0.3, 0.4) is 0 Å². The van der Waals surface area contributed by atoms with Crippen molar-refractivity contribution in [3.8, 4) is 0 Å². The molecule has 0 spiro atoms. The third-order valence-corrected chi connectivity index (χ3v) is 4.06. The molecule has 2 fully saturated rings. The van der Waals surface area contributed by atoms with Gasteiger partial charge in [-0.3, -0.25) is 4.57 Å². The van der Waals surface area contributed by atoms with Crippen molar-refractivity contribution in [1.29, 1.82) is 0 Å². The van der Waals surface area contributed by atoms with Crippen LogP contribution in [0.4, 0.5) is 0 Å². The molecule has 4 unspecified atom stereocenters. The molecule has 0 aromatic rings. The van der Waals surface area contributed by atoms with E-state index in [1.807, 2.05) is 7.85 Å². The molecule has 9 heteroatoms. The Hall–Kier alpha value is 0.565. The van der Waals surface area contributed by atoms with Crippen LogP contribution >= 0.6 is 30.6 Å². The molecule has 0 radical (unpaired) electrons. The summed E-state index contributed by atoms with van der Waals surface area (Å²) in [4.78, 5) is 17.8. The zero-order chi connectivity index (χ0) is 12.7. The molecule has 0 aliphatic carbocycles. The Bertz CT molecular complexity index is 373. The van der Waals surface area contributed by atoms with Crippen LogP contribution in [0.25, 0.3) is 0 Å². The summed E-state index contributed by atoms with van der Waals surface area (Å²) in [5.74, 6) is 0.861. The Morgan fingerprint density at radius 3 is 2.88 bits per heavy atom. The zero-order valence-electron chi connectivity index (χ0n) is 9.15. The van der Waals surface area contributed by atoms with E-state index in [0.717, 1.165) is 12.2 Å². The summed E-state index contributed by atoms with van der Waals surface area (Å²) in [6.45, 7) is 0.256. The van der Waals surface area contributed by atoms with Crippen molar-refractivity contribution < 1.29 is 26.9 Å². The Kier molecular flexibility index (Phi) is 4.05. The molecule has 2 heterocycles. The summed E-state index contributed by atoms with van der Waals surface area (Å²) in [7, 11) is -2.29. The second kappa shape index (κ2) is 4.92. The predicted molar refractivity (Wildman–Crippen MR) is 70.6 cm³/mol. The fourth-order valence-corrected chi connectivity index (χ4v) is 3.51. The average Bonchev–Trinajstić information content (AvgIpc) is 2.44. The third-order valence-electron chi connectivity index (χ3n) is 2.97. The van der Waals surface area contributed by atoms with Crippen LogP contribution in [0.1, 0.15) is 6.42 Å². The number of hydrogen-bond acceptors (Lipinski definition) is 4. The SMILES string of the molecule is BC1CC2OCC(/C=C/P(=O)(O)O)(O1)C2OI. The molecule has 0 amide bonds.